The zero-order valence-corrected chi connectivity index (χ0v) is 17.1. The van der Waals surface area contributed by atoms with Gasteiger partial charge in [0.15, 0.2) is 0 Å². The fraction of sp³-hybridized carbons (Fsp3) is 0.333. The number of rotatable bonds is 4. The van der Waals surface area contributed by atoms with Gasteiger partial charge in [-0.2, -0.15) is 0 Å². The van der Waals surface area contributed by atoms with E-state index in [1.54, 1.807) is 30.3 Å². The van der Waals surface area contributed by atoms with Crippen LogP contribution in [0, 0.1) is 22.0 Å². The van der Waals surface area contributed by atoms with Crippen LogP contribution in [0.25, 0.3) is 10.9 Å². The Morgan fingerprint density at radius 1 is 1.23 bits per heavy atom. The van der Waals surface area contributed by atoms with Gasteiger partial charge in [0.25, 0.3) is 5.69 Å². The van der Waals surface area contributed by atoms with Gasteiger partial charge in [-0.15, -0.1) is 0 Å². The number of aliphatic hydroxyl groups excluding tert-OH is 1. The summed E-state index contributed by atoms with van der Waals surface area (Å²) in [6, 6.07) is 11.9. The van der Waals surface area contributed by atoms with Crippen LogP contribution in [0.1, 0.15) is 29.3 Å². The fourth-order valence-corrected chi connectivity index (χ4v) is 5.55. The van der Waals surface area contributed by atoms with Crippen molar-refractivity contribution < 1.29 is 15.1 Å². The summed E-state index contributed by atoms with van der Waals surface area (Å²) in [6.07, 6.45) is 2.71. The first-order valence-electron chi connectivity index (χ1n) is 10.6. The molecule has 0 saturated carbocycles. The molecule has 160 valence electrons. The van der Waals surface area contributed by atoms with Crippen LogP contribution >= 0.6 is 0 Å². The van der Waals surface area contributed by atoms with Crippen LogP contribution in [-0.4, -0.2) is 38.1 Å². The highest BCUT2D eigenvalue weighted by Crippen LogP contribution is 2.42. The minimum absolute atomic E-state index is 0.0725. The highest BCUT2D eigenvalue weighted by molar-refractivity contribution is 5.92. The molecule has 0 radical (unpaired) electrons. The topological polar surface area (TPSA) is 103 Å². The largest absolute Gasteiger partial charge is 0.511 e. The Morgan fingerprint density at radius 3 is 2.77 bits per heavy atom. The third-order valence-electron chi connectivity index (χ3n) is 6.93. The number of non-ortho nitro benzene ring substituents is 1. The molecule has 1 aromatic heterocycles. The number of aliphatic hydroxyl groups is 1. The number of aromatic nitrogens is 1. The molecule has 3 N–H and O–H groups in total. The van der Waals surface area contributed by atoms with Crippen molar-refractivity contribution in [3.8, 4) is 5.75 Å². The van der Waals surface area contributed by atoms with Gasteiger partial charge in [-0.3, -0.25) is 15.0 Å². The van der Waals surface area contributed by atoms with Gasteiger partial charge in [0.05, 0.1) is 11.0 Å². The molecule has 2 aliphatic rings. The number of piperidine rings is 1. The first kappa shape index (κ1) is 19.6. The summed E-state index contributed by atoms with van der Waals surface area (Å²) in [5.41, 5.74) is 3.87. The lowest BCUT2D eigenvalue weighted by Crippen LogP contribution is -2.45. The second kappa shape index (κ2) is 7.42. The zero-order valence-electron chi connectivity index (χ0n) is 17.1. The Labute approximate surface area is 179 Å². The average molecular weight is 419 g/mol. The molecular weight excluding hydrogens is 394 g/mol. The standard InChI is InChI=1S/C24H25N3O4/c1-14(28)24(16-4-2-5-18(29)10-16)26-9-8-15-12-21-20(11-17(15)13-26)19-6-3-7-22(27(30)31)23(19)25-21/h2-7,10,15,17,24-25,28-29H,1,8-9,11-13H2. The van der Waals surface area contributed by atoms with Gasteiger partial charge in [-0.1, -0.05) is 30.8 Å². The van der Waals surface area contributed by atoms with Gasteiger partial charge in [0.1, 0.15) is 17.0 Å². The van der Waals surface area contributed by atoms with Crippen molar-refractivity contribution in [2.24, 2.45) is 11.8 Å². The molecule has 0 bridgehead atoms. The Morgan fingerprint density at radius 2 is 2.03 bits per heavy atom. The minimum atomic E-state index is -0.362. The van der Waals surface area contributed by atoms with Crippen LogP contribution < -0.4 is 0 Å². The maximum Gasteiger partial charge on any atom is 0.293 e. The van der Waals surface area contributed by atoms with Gasteiger partial charge in [0.2, 0.25) is 0 Å². The Balaban J connectivity index is 1.45. The fourth-order valence-electron chi connectivity index (χ4n) is 5.55. The van der Waals surface area contributed by atoms with Crippen molar-refractivity contribution >= 4 is 16.6 Å². The third-order valence-corrected chi connectivity index (χ3v) is 6.93. The summed E-state index contributed by atoms with van der Waals surface area (Å²) in [7, 11) is 0. The normalized spacial score (nSPS) is 21.9. The van der Waals surface area contributed by atoms with Crippen molar-refractivity contribution in [2.75, 3.05) is 13.1 Å². The number of hydrogen-bond acceptors (Lipinski definition) is 5. The molecule has 1 aliphatic carbocycles. The Hall–Kier alpha value is -3.32. The highest BCUT2D eigenvalue weighted by atomic mass is 16.6. The van der Waals surface area contributed by atoms with Crippen molar-refractivity contribution in [3.63, 3.8) is 0 Å². The zero-order chi connectivity index (χ0) is 21.7. The number of nitro benzene ring substituents is 1. The van der Waals surface area contributed by atoms with Crippen molar-refractivity contribution in [3.05, 3.63) is 81.7 Å². The number of nitro groups is 1. The number of aromatic hydroxyl groups is 1. The summed E-state index contributed by atoms with van der Waals surface area (Å²) in [5.74, 6) is 1.12. The SMILES string of the molecule is C=C(O)C(c1cccc(O)c1)N1CCC2Cc3[nH]c4c([N+](=O)[O-])cccc4c3CC2C1. The van der Waals surface area contributed by atoms with Crippen LogP contribution in [0.15, 0.2) is 54.8 Å². The van der Waals surface area contributed by atoms with E-state index in [4.69, 9.17) is 0 Å². The first-order chi connectivity index (χ1) is 14.9. The van der Waals surface area contributed by atoms with Crippen molar-refractivity contribution in [1.82, 2.24) is 9.88 Å². The van der Waals surface area contributed by atoms with Crippen LogP contribution in [0.5, 0.6) is 5.75 Å². The molecule has 1 aliphatic heterocycles. The lowest BCUT2D eigenvalue weighted by molar-refractivity contribution is -0.383. The van der Waals surface area contributed by atoms with Gasteiger partial charge in [-0.25, -0.2) is 0 Å². The van der Waals surface area contributed by atoms with Crippen LogP contribution in [-0.2, 0) is 12.8 Å². The number of aromatic amines is 1. The molecule has 3 atom stereocenters. The molecule has 3 unspecified atom stereocenters. The molecule has 1 fully saturated rings. The molecule has 7 nitrogen and oxygen atoms in total. The van der Waals surface area contributed by atoms with E-state index in [0.29, 0.717) is 17.4 Å². The molecule has 0 spiro atoms. The number of phenols is 1. The first-order valence-corrected chi connectivity index (χ1v) is 10.6. The maximum atomic E-state index is 11.4. The molecule has 2 aromatic carbocycles. The predicted octanol–water partition coefficient (Wildman–Crippen LogP) is 4.63. The number of benzene rings is 2. The van der Waals surface area contributed by atoms with Gasteiger partial charge >= 0.3 is 0 Å². The van der Waals surface area contributed by atoms with Gasteiger partial charge in [-0.05, 0) is 60.9 Å². The van der Waals surface area contributed by atoms with E-state index in [2.05, 4.69) is 16.5 Å². The van der Waals surface area contributed by atoms with Crippen LogP contribution in [0.3, 0.4) is 0 Å². The third kappa shape index (κ3) is 3.35. The number of fused-ring (bicyclic) bond motifs is 4. The molecule has 3 aromatic rings. The molecule has 1 saturated heterocycles. The van der Waals surface area contributed by atoms with E-state index >= 15 is 0 Å². The number of para-hydroxylation sites is 1. The van der Waals surface area contributed by atoms with E-state index in [1.165, 1.54) is 5.56 Å². The maximum absolute atomic E-state index is 11.4. The number of H-pyrrole nitrogens is 1. The monoisotopic (exact) mass is 419 g/mol. The number of nitrogens with zero attached hydrogens (tertiary/aromatic N) is 2. The molecule has 0 amide bonds. The molecule has 31 heavy (non-hydrogen) atoms. The second-order valence-electron chi connectivity index (χ2n) is 8.74. The van der Waals surface area contributed by atoms with Crippen molar-refractivity contribution in [1.29, 1.82) is 0 Å². The number of hydrogen-bond donors (Lipinski definition) is 3. The van der Waals surface area contributed by atoms with Crippen LogP contribution in [0.2, 0.25) is 0 Å². The lowest BCUT2D eigenvalue weighted by Gasteiger charge is -2.44. The summed E-state index contributed by atoms with van der Waals surface area (Å²) in [6.45, 7) is 5.41. The summed E-state index contributed by atoms with van der Waals surface area (Å²) >= 11 is 0. The lowest BCUT2D eigenvalue weighted by atomic mass is 9.73. The quantitative estimate of drug-likeness (QED) is 0.325. The molecule has 7 heteroatoms. The minimum Gasteiger partial charge on any atom is -0.511 e. The van der Waals surface area contributed by atoms with E-state index in [0.717, 1.165) is 49.0 Å². The van der Waals surface area contributed by atoms with E-state index in [1.807, 2.05) is 12.1 Å². The smallest absolute Gasteiger partial charge is 0.293 e. The van der Waals surface area contributed by atoms with Gasteiger partial charge < -0.3 is 15.2 Å². The number of likely N-dealkylation sites (tertiary alicyclic amines) is 1. The van der Waals surface area contributed by atoms with Crippen molar-refractivity contribution in [2.45, 2.75) is 25.3 Å². The molecule has 5 rings (SSSR count). The second-order valence-corrected chi connectivity index (χ2v) is 8.74. The van der Waals surface area contributed by atoms with Crippen LogP contribution in [0.4, 0.5) is 5.69 Å². The predicted molar refractivity (Wildman–Crippen MR) is 118 cm³/mol. The van der Waals surface area contributed by atoms with E-state index in [-0.39, 0.29) is 28.2 Å². The van der Waals surface area contributed by atoms with E-state index < -0.39 is 0 Å². The number of phenolic OH excluding ortho intramolecular Hbond substituents is 1. The average Bonchev–Trinajstić information content (AvgIpc) is 3.09. The Bertz CT molecular complexity index is 1180. The van der Waals surface area contributed by atoms with Gasteiger partial charge in [0, 0.05) is 23.7 Å². The summed E-state index contributed by atoms with van der Waals surface area (Å²) in [5, 5.41) is 32.7. The molecular formula is C24H25N3O4. The molecule has 2 heterocycles. The van der Waals surface area contributed by atoms with E-state index in [9.17, 15) is 20.3 Å². The highest BCUT2D eigenvalue weighted by Gasteiger charge is 2.38. The summed E-state index contributed by atoms with van der Waals surface area (Å²) in [4.78, 5) is 16.7. The number of nitrogens with one attached hydrogen (secondary N) is 1. The summed E-state index contributed by atoms with van der Waals surface area (Å²) < 4.78 is 0. The Kier molecular flexibility index (Phi) is 4.70.